The summed E-state index contributed by atoms with van der Waals surface area (Å²) < 4.78 is 16.0. The Morgan fingerprint density at radius 1 is 1.35 bits per heavy atom. The first kappa shape index (κ1) is 14.7. The molecule has 0 amide bonds. The lowest BCUT2D eigenvalue weighted by Gasteiger charge is -2.19. The molecule has 0 spiro atoms. The number of aromatic nitrogens is 3. The Labute approximate surface area is 119 Å². The first-order valence-corrected chi connectivity index (χ1v) is 7.09. The molecule has 0 saturated heterocycles. The van der Waals surface area contributed by atoms with Gasteiger partial charge < -0.3 is 9.88 Å². The van der Waals surface area contributed by atoms with E-state index in [9.17, 15) is 4.39 Å². The Hall–Kier alpha value is -1.75. The van der Waals surface area contributed by atoms with Crippen LogP contribution in [0.15, 0.2) is 30.9 Å². The highest BCUT2D eigenvalue weighted by Crippen LogP contribution is 2.20. The highest BCUT2D eigenvalue weighted by molar-refractivity contribution is 5.19. The molecule has 0 bridgehead atoms. The zero-order valence-electron chi connectivity index (χ0n) is 12.0. The lowest BCUT2D eigenvalue weighted by atomic mass is 10.0. The lowest BCUT2D eigenvalue weighted by Crippen LogP contribution is -2.25. The Kier molecular flexibility index (Phi) is 5.24. The van der Waals surface area contributed by atoms with Crippen molar-refractivity contribution in [3.05, 3.63) is 48.1 Å². The maximum Gasteiger partial charge on any atom is 0.146 e. The number of nitrogens with one attached hydrogen (secondary N) is 1. The van der Waals surface area contributed by atoms with Crippen molar-refractivity contribution in [2.24, 2.45) is 0 Å². The van der Waals surface area contributed by atoms with E-state index in [0.717, 1.165) is 25.3 Å². The molecular formula is C15H21FN4. The van der Waals surface area contributed by atoms with Crippen molar-refractivity contribution in [3.8, 4) is 0 Å². The molecule has 2 aromatic rings. The van der Waals surface area contributed by atoms with Crippen molar-refractivity contribution in [1.82, 2.24) is 19.9 Å². The van der Waals surface area contributed by atoms with E-state index in [0.29, 0.717) is 12.0 Å². The molecule has 4 nitrogen and oxygen atoms in total. The third-order valence-corrected chi connectivity index (χ3v) is 3.28. The van der Waals surface area contributed by atoms with Gasteiger partial charge in [-0.1, -0.05) is 13.8 Å². The smallest absolute Gasteiger partial charge is 0.146 e. The molecule has 0 aliphatic carbocycles. The Balaban J connectivity index is 2.21. The molecule has 108 valence electrons. The molecule has 2 rings (SSSR count). The number of nitrogens with zero attached hydrogens (tertiary/aromatic N) is 3. The van der Waals surface area contributed by atoms with Crippen LogP contribution in [0, 0.1) is 5.82 Å². The van der Waals surface area contributed by atoms with Crippen molar-refractivity contribution in [1.29, 1.82) is 0 Å². The number of imidazole rings is 1. The van der Waals surface area contributed by atoms with Gasteiger partial charge >= 0.3 is 0 Å². The van der Waals surface area contributed by atoms with Crippen LogP contribution < -0.4 is 5.32 Å². The predicted octanol–water partition coefficient (Wildman–Crippen LogP) is 2.72. The Morgan fingerprint density at radius 2 is 2.20 bits per heavy atom. The van der Waals surface area contributed by atoms with Gasteiger partial charge in [0.15, 0.2) is 0 Å². The molecule has 1 N–H and O–H groups in total. The quantitative estimate of drug-likeness (QED) is 0.845. The molecule has 0 aliphatic heterocycles. The van der Waals surface area contributed by atoms with E-state index in [2.05, 4.69) is 26.8 Å². The summed E-state index contributed by atoms with van der Waals surface area (Å²) in [7, 11) is 0. The molecule has 0 fully saturated rings. The highest BCUT2D eigenvalue weighted by Gasteiger charge is 2.17. The molecule has 2 aromatic heterocycles. The highest BCUT2D eigenvalue weighted by atomic mass is 19.1. The van der Waals surface area contributed by atoms with Gasteiger partial charge in [0.1, 0.15) is 11.6 Å². The van der Waals surface area contributed by atoms with Crippen LogP contribution in [0.5, 0.6) is 0 Å². The number of pyridine rings is 1. The second-order valence-corrected chi connectivity index (χ2v) is 4.75. The molecule has 0 saturated carbocycles. The summed E-state index contributed by atoms with van der Waals surface area (Å²) in [4.78, 5) is 8.20. The van der Waals surface area contributed by atoms with Crippen LogP contribution in [-0.4, -0.2) is 21.1 Å². The van der Waals surface area contributed by atoms with Gasteiger partial charge in [0.25, 0.3) is 0 Å². The summed E-state index contributed by atoms with van der Waals surface area (Å²) in [6.07, 6.45) is 8.39. The number of hydrogen-bond acceptors (Lipinski definition) is 3. The summed E-state index contributed by atoms with van der Waals surface area (Å²) in [6, 6.07) is 1.65. The molecule has 0 radical (unpaired) electrons. The van der Waals surface area contributed by atoms with Gasteiger partial charge in [-0.15, -0.1) is 0 Å². The second kappa shape index (κ2) is 7.14. The van der Waals surface area contributed by atoms with Crippen LogP contribution in [0.1, 0.15) is 37.7 Å². The Bertz CT molecular complexity index is 538. The van der Waals surface area contributed by atoms with Crippen LogP contribution in [0.2, 0.25) is 0 Å². The normalized spacial score (nSPS) is 12.6. The number of aryl methyl sites for hydroxylation is 1. The number of halogens is 1. The van der Waals surface area contributed by atoms with Crippen molar-refractivity contribution < 1.29 is 4.39 Å². The maximum absolute atomic E-state index is 13.9. The van der Waals surface area contributed by atoms with Gasteiger partial charge in [-0.2, -0.15) is 0 Å². The molecular weight excluding hydrogens is 255 g/mol. The van der Waals surface area contributed by atoms with Crippen molar-refractivity contribution in [2.45, 2.75) is 39.3 Å². The maximum atomic E-state index is 13.9. The number of hydrogen-bond donors (Lipinski definition) is 1. The van der Waals surface area contributed by atoms with E-state index < -0.39 is 0 Å². The predicted molar refractivity (Wildman–Crippen MR) is 76.8 cm³/mol. The minimum Gasteiger partial charge on any atom is -0.335 e. The molecule has 5 heteroatoms. The van der Waals surface area contributed by atoms with E-state index in [1.54, 1.807) is 18.5 Å². The molecule has 1 atom stereocenters. The van der Waals surface area contributed by atoms with Gasteiger partial charge in [0, 0.05) is 43.2 Å². The molecule has 2 heterocycles. The zero-order valence-corrected chi connectivity index (χ0v) is 12.0. The topological polar surface area (TPSA) is 42.7 Å². The lowest BCUT2D eigenvalue weighted by molar-refractivity contribution is 0.487. The second-order valence-electron chi connectivity index (χ2n) is 4.75. The average molecular weight is 276 g/mol. The summed E-state index contributed by atoms with van der Waals surface area (Å²) >= 11 is 0. The van der Waals surface area contributed by atoms with Crippen LogP contribution in [0.25, 0.3) is 0 Å². The fourth-order valence-electron chi connectivity index (χ4n) is 2.36. The van der Waals surface area contributed by atoms with Crippen molar-refractivity contribution in [3.63, 3.8) is 0 Å². The summed E-state index contributed by atoms with van der Waals surface area (Å²) in [5.74, 6) is 0.709. The van der Waals surface area contributed by atoms with Crippen LogP contribution in [0.4, 0.5) is 4.39 Å². The summed E-state index contributed by atoms with van der Waals surface area (Å²) in [6.45, 7) is 5.87. The minimum absolute atomic E-state index is 0.0824. The van der Waals surface area contributed by atoms with Crippen molar-refractivity contribution >= 4 is 0 Å². The van der Waals surface area contributed by atoms with E-state index in [1.807, 2.05) is 13.1 Å². The monoisotopic (exact) mass is 276 g/mol. The SMILES string of the molecule is CCCn1ccnc1CC(NCC)c1ccncc1F. The average Bonchev–Trinajstić information content (AvgIpc) is 2.87. The zero-order chi connectivity index (χ0) is 14.4. The van der Waals surface area contributed by atoms with Crippen molar-refractivity contribution in [2.75, 3.05) is 6.54 Å². The molecule has 0 aromatic carbocycles. The van der Waals surface area contributed by atoms with Gasteiger partial charge in [-0.3, -0.25) is 4.98 Å². The first-order valence-electron chi connectivity index (χ1n) is 7.09. The fraction of sp³-hybridized carbons (Fsp3) is 0.467. The number of likely N-dealkylation sites (N-methyl/N-ethyl adjacent to an activating group) is 1. The van der Waals surface area contributed by atoms with Crippen LogP contribution >= 0.6 is 0 Å². The minimum atomic E-state index is -0.271. The number of rotatable bonds is 7. The molecule has 20 heavy (non-hydrogen) atoms. The fourth-order valence-corrected chi connectivity index (χ4v) is 2.36. The molecule has 1 unspecified atom stereocenters. The van der Waals surface area contributed by atoms with Gasteiger partial charge in [0.05, 0.1) is 6.20 Å². The van der Waals surface area contributed by atoms with Gasteiger partial charge in [0.2, 0.25) is 0 Å². The third kappa shape index (κ3) is 3.42. The summed E-state index contributed by atoms with van der Waals surface area (Å²) in [5.41, 5.74) is 0.646. The van der Waals surface area contributed by atoms with E-state index in [4.69, 9.17) is 0 Å². The molecule has 0 aliphatic rings. The van der Waals surface area contributed by atoms with Crippen LogP contribution in [-0.2, 0) is 13.0 Å². The standard InChI is InChI=1S/C15H21FN4/c1-3-8-20-9-7-19-15(20)10-14(18-4-2)12-5-6-17-11-13(12)16/h5-7,9,11,14,18H,3-4,8,10H2,1-2H3. The summed E-state index contributed by atoms with van der Waals surface area (Å²) in [5, 5.41) is 3.33. The van der Waals surface area contributed by atoms with E-state index >= 15 is 0 Å². The Morgan fingerprint density at radius 3 is 2.90 bits per heavy atom. The van der Waals surface area contributed by atoms with Gasteiger partial charge in [-0.25, -0.2) is 9.37 Å². The van der Waals surface area contributed by atoms with E-state index in [1.165, 1.54) is 6.20 Å². The van der Waals surface area contributed by atoms with Crippen LogP contribution in [0.3, 0.4) is 0 Å². The van der Waals surface area contributed by atoms with Gasteiger partial charge in [-0.05, 0) is 19.0 Å². The largest absolute Gasteiger partial charge is 0.335 e. The van der Waals surface area contributed by atoms with E-state index in [-0.39, 0.29) is 11.9 Å². The first-order chi connectivity index (χ1) is 9.76. The third-order valence-electron chi connectivity index (χ3n) is 3.28.